The molecule has 5 heteroatoms. The van der Waals surface area contributed by atoms with Gasteiger partial charge in [-0.1, -0.05) is 19.1 Å². The summed E-state index contributed by atoms with van der Waals surface area (Å²) in [7, 11) is 1.37. The molecular weight excluding hydrogens is 253 g/mol. The average Bonchev–Trinajstić information content (AvgIpc) is 2.39. The summed E-state index contributed by atoms with van der Waals surface area (Å²) in [5, 5.41) is 3.05. The van der Waals surface area contributed by atoms with Gasteiger partial charge in [-0.3, -0.25) is 4.79 Å². The number of ether oxygens (including phenoxy) is 1. The van der Waals surface area contributed by atoms with Gasteiger partial charge in [-0.15, -0.1) is 11.8 Å². The van der Waals surface area contributed by atoms with E-state index in [2.05, 4.69) is 5.32 Å². The summed E-state index contributed by atoms with van der Waals surface area (Å²) in [4.78, 5) is 12.1. The number of rotatable bonds is 7. The van der Waals surface area contributed by atoms with E-state index in [4.69, 9.17) is 4.74 Å². The number of carbonyl (C=O) groups is 1. The zero-order chi connectivity index (χ0) is 13.4. The first-order valence-corrected chi connectivity index (χ1v) is 6.86. The summed E-state index contributed by atoms with van der Waals surface area (Å²) in [5.41, 5.74) is 0. The normalized spacial score (nSPS) is 12.2. The van der Waals surface area contributed by atoms with Crippen LogP contribution in [0.2, 0.25) is 0 Å². The molecule has 1 aromatic rings. The molecule has 0 heterocycles. The lowest BCUT2D eigenvalue weighted by Gasteiger charge is -2.14. The Balaban J connectivity index is 2.44. The predicted octanol–water partition coefficient (Wildman–Crippen LogP) is 2.46. The Morgan fingerprint density at radius 2 is 2.22 bits per heavy atom. The van der Waals surface area contributed by atoms with E-state index in [-0.39, 0.29) is 17.8 Å². The molecule has 1 aromatic carbocycles. The lowest BCUT2D eigenvalue weighted by atomic mass is 10.2. The van der Waals surface area contributed by atoms with Gasteiger partial charge >= 0.3 is 5.97 Å². The van der Waals surface area contributed by atoms with Crippen LogP contribution in [-0.4, -0.2) is 31.4 Å². The molecule has 0 fully saturated rings. The van der Waals surface area contributed by atoms with E-state index in [0.717, 1.165) is 0 Å². The van der Waals surface area contributed by atoms with Gasteiger partial charge in [0.15, 0.2) is 0 Å². The van der Waals surface area contributed by atoms with Gasteiger partial charge in [0.1, 0.15) is 11.9 Å². The zero-order valence-corrected chi connectivity index (χ0v) is 11.4. The van der Waals surface area contributed by atoms with E-state index < -0.39 is 0 Å². The van der Waals surface area contributed by atoms with Gasteiger partial charge in [0.05, 0.1) is 7.11 Å². The second kappa shape index (κ2) is 8.11. The molecule has 0 saturated heterocycles. The molecule has 0 aliphatic rings. The molecule has 0 bridgehead atoms. The first kappa shape index (κ1) is 15.0. The maximum atomic E-state index is 13.4. The number of methoxy groups -OCH3 is 1. The van der Waals surface area contributed by atoms with Crippen molar-refractivity contribution in [2.24, 2.45) is 0 Å². The Bertz CT molecular complexity index is 387. The van der Waals surface area contributed by atoms with Crippen molar-refractivity contribution in [2.45, 2.75) is 24.3 Å². The molecule has 0 radical (unpaired) electrons. The quantitative estimate of drug-likeness (QED) is 0.611. The van der Waals surface area contributed by atoms with Crippen LogP contribution in [0.4, 0.5) is 4.39 Å². The lowest BCUT2D eigenvalue weighted by Crippen LogP contribution is -2.37. The van der Waals surface area contributed by atoms with Crippen molar-refractivity contribution in [1.82, 2.24) is 5.32 Å². The molecule has 0 spiro atoms. The van der Waals surface area contributed by atoms with Gasteiger partial charge in [-0.25, -0.2) is 4.39 Å². The van der Waals surface area contributed by atoms with Gasteiger partial charge in [0.2, 0.25) is 0 Å². The van der Waals surface area contributed by atoms with E-state index in [9.17, 15) is 9.18 Å². The third-order valence-electron chi connectivity index (χ3n) is 2.44. The van der Waals surface area contributed by atoms with Crippen LogP contribution < -0.4 is 5.32 Å². The lowest BCUT2D eigenvalue weighted by molar-refractivity contribution is -0.143. The number of halogens is 1. The van der Waals surface area contributed by atoms with Gasteiger partial charge in [-0.2, -0.15) is 0 Å². The highest BCUT2D eigenvalue weighted by molar-refractivity contribution is 7.99. The molecule has 1 rings (SSSR count). The van der Waals surface area contributed by atoms with Crippen molar-refractivity contribution < 1.29 is 13.9 Å². The minimum absolute atomic E-state index is 0.222. The van der Waals surface area contributed by atoms with Crippen LogP contribution in [0.3, 0.4) is 0 Å². The highest BCUT2D eigenvalue weighted by atomic mass is 32.2. The fourth-order valence-electron chi connectivity index (χ4n) is 1.54. The van der Waals surface area contributed by atoms with Crippen molar-refractivity contribution in [3.63, 3.8) is 0 Å². The molecule has 3 nitrogen and oxygen atoms in total. The third kappa shape index (κ3) is 4.66. The molecule has 0 saturated carbocycles. The topological polar surface area (TPSA) is 38.3 Å². The summed E-state index contributed by atoms with van der Waals surface area (Å²) >= 11 is 1.41. The van der Waals surface area contributed by atoms with Crippen LogP contribution in [0, 0.1) is 5.82 Å². The van der Waals surface area contributed by atoms with E-state index in [1.807, 2.05) is 6.92 Å². The Labute approximate surface area is 111 Å². The number of hydrogen-bond donors (Lipinski definition) is 1. The molecule has 1 unspecified atom stereocenters. The molecule has 0 aromatic heterocycles. The van der Waals surface area contributed by atoms with Gasteiger partial charge in [-0.05, 0) is 25.1 Å². The summed E-state index contributed by atoms with van der Waals surface area (Å²) in [5.74, 6) is 0.166. The number of nitrogens with one attached hydrogen (secondary N) is 1. The second-order valence-electron chi connectivity index (χ2n) is 3.70. The Hall–Kier alpha value is -1.07. The molecule has 0 aliphatic heterocycles. The summed E-state index contributed by atoms with van der Waals surface area (Å²) < 4.78 is 18.1. The molecule has 18 heavy (non-hydrogen) atoms. The number of esters is 1. The Morgan fingerprint density at radius 1 is 1.50 bits per heavy atom. The maximum Gasteiger partial charge on any atom is 0.322 e. The zero-order valence-electron chi connectivity index (χ0n) is 10.6. The van der Waals surface area contributed by atoms with Gasteiger partial charge in [0.25, 0.3) is 0 Å². The summed E-state index contributed by atoms with van der Waals surface area (Å²) in [6, 6.07) is 6.31. The molecule has 100 valence electrons. The monoisotopic (exact) mass is 271 g/mol. The van der Waals surface area contributed by atoms with Crippen molar-refractivity contribution >= 4 is 17.7 Å². The first-order chi connectivity index (χ1) is 8.69. The summed E-state index contributed by atoms with van der Waals surface area (Å²) in [6.07, 6.45) is 0.611. The highest BCUT2D eigenvalue weighted by Gasteiger charge is 2.17. The number of carbonyl (C=O) groups excluding carboxylic acids is 1. The van der Waals surface area contributed by atoms with Gasteiger partial charge < -0.3 is 10.1 Å². The number of benzene rings is 1. The van der Waals surface area contributed by atoms with Crippen molar-refractivity contribution in [1.29, 1.82) is 0 Å². The minimum atomic E-state index is -0.320. The molecule has 1 N–H and O–H groups in total. The van der Waals surface area contributed by atoms with Gasteiger partial charge in [0, 0.05) is 10.6 Å². The van der Waals surface area contributed by atoms with E-state index in [1.165, 1.54) is 24.9 Å². The van der Waals surface area contributed by atoms with Crippen LogP contribution in [0.5, 0.6) is 0 Å². The van der Waals surface area contributed by atoms with Crippen molar-refractivity contribution in [3.8, 4) is 0 Å². The minimum Gasteiger partial charge on any atom is -0.468 e. The smallest absolute Gasteiger partial charge is 0.322 e. The van der Waals surface area contributed by atoms with E-state index >= 15 is 0 Å². The van der Waals surface area contributed by atoms with Crippen LogP contribution in [0.1, 0.15) is 13.3 Å². The Kier molecular flexibility index (Phi) is 6.75. The number of likely N-dealkylation sites (N-methyl/N-ethyl adjacent to an activating group) is 1. The van der Waals surface area contributed by atoms with Crippen molar-refractivity contribution in [2.75, 3.05) is 19.4 Å². The van der Waals surface area contributed by atoms with Crippen LogP contribution in [-0.2, 0) is 9.53 Å². The predicted molar refractivity (Wildman–Crippen MR) is 71.2 cm³/mol. The van der Waals surface area contributed by atoms with Crippen LogP contribution >= 0.6 is 11.8 Å². The highest BCUT2D eigenvalue weighted by Crippen LogP contribution is 2.22. The number of thioether (sulfide) groups is 1. The SMILES string of the molecule is CCNC(CCSc1ccccc1F)C(=O)OC. The molecule has 0 amide bonds. The van der Waals surface area contributed by atoms with Crippen molar-refractivity contribution in [3.05, 3.63) is 30.1 Å². The fourth-order valence-corrected chi connectivity index (χ4v) is 2.49. The molecule has 1 atom stereocenters. The average molecular weight is 271 g/mol. The molecular formula is C13H18FNO2S. The third-order valence-corrected chi connectivity index (χ3v) is 3.52. The second-order valence-corrected chi connectivity index (χ2v) is 4.84. The first-order valence-electron chi connectivity index (χ1n) is 5.87. The van der Waals surface area contributed by atoms with E-state index in [1.54, 1.807) is 18.2 Å². The van der Waals surface area contributed by atoms with Crippen LogP contribution in [0.15, 0.2) is 29.2 Å². The maximum absolute atomic E-state index is 13.4. The van der Waals surface area contributed by atoms with E-state index in [0.29, 0.717) is 23.6 Å². The largest absolute Gasteiger partial charge is 0.468 e. The Morgan fingerprint density at radius 3 is 2.83 bits per heavy atom. The number of hydrogen-bond acceptors (Lipinski definition) is 4. The van der Waals surface area contributed by atoms with Crippen LogP contribution in [0.25, 0.3) is 0 Å². The fraction of sp³-hybridized carbons (Fsp3) is 0.462. The standard InChI is InChI=1S/C13H18FNO2S/c1-3-15-11(13(16)17-2)8-9-18-12-7-5-4-6-10(12)14/h4-7,11,15H,3,8-9H2,1-2H3. The molecule has 0 aliphatic carbocycles. The summed E-state index contributed by atoms with van der Waals surface area (Å²) in [6.45, 7) is 2.63.